The zero-order valence-electron chi connectivity index (χ0n) is 15.1. The van der Waals surface area contributed by atoms with Crippen molar-refractivity contribution in [1.29, 1.82) is 0 Å². The lowest BCUT2D eigenvalue weighted by Crippen LogP contribution is -2.30. The Morgan fingerprint density at radius 2 is 2.20 bits per heavy atom. The number of ether oxygens (including phenoxy) is 1. The second-order valence-electron chi connectivity index (χ2n) is 6.91. The number of rotatable bonds is 4. The van der Waals surface area contributed by atoms with E-state index in [0.29, 0.717) is 5.92 Å². The molecule has 2 aromatic heterocycles. The van der Waals surface area contributed by atoms with Crippen molar-refractivity contribution in [2.24, 2.45) is 20.0 Å². The average molecular weight is 339 g/mol. The van der Waals surface area contributed by atoms with Crippen LogP contribution in [0.5, 0.6) is 0 Å². The van der Waals surface area contributed by atoms with E-state index in [-0.39, 0.29) is 6.10 Å². The minimum Gasteiger partial charge on any atom is -0.385 e. The van der Waals surface area contributed by atoms with Gasteiger partial charge in [-0.25, -0.2) is 4.98 Å². The molecule has 0 saturated carbocycles. The van der Waals surface area contributed by atoms with Gasteiger partial charge in [-0.2, -0.15) is 5.10 Å². The van der Waals surface area contributed by atoms with Crippen LogP contribution in [-0.4, -0.2) is 32.5 Å². The van der Waals surface area contributed by atoms with Crippen LogP contribution in [0.2, 0.25) is 0 Å². The smallest absolute Gasteiger partial charge is 0.138 e. The molecule has 25 heavy (non-hydrogen) atoms. The number of nitrogens with zero attached hydrogens (tertiary/aromatic N) is 4. The van der Waals surface area contributed by atoms with Gasteiger partial charge in [0.15, 0.2) is 0 Å². The second kappa shape index (κ2) is 6.52. The molecule has 6 heteroatoms. The van der Waals surface area contributed by atoms with Gasteiger partial charge in [-0.1, -0.05) is 0 Å². The van der Waals surface area contributed by atoms with Gasteiger partial charge in [-0.3, -0.25) is 4.68 Å². The number of nitrogens with one attached hydrogen (secondary N) is 1. The molecular weight excluding hydrogens is 314 g/mol. The molecule has 132 valence electrons. The standard InChI is InChI=1S/C19H25N5O/c1-13-16-7-6-15(11-17(16)24(3)22-13)21-12-14-5-4-10-25-18(14)19-20-8-9-23(19)2/h6-9,11,14,18,21H,4-5,10,12H2,1-3H3/t14-,18+/m0/s1. The molecule has 1 fully saturated rings. The summed E-state index contributed by atoms with van der Waals surface area (Å²) in [6, 6.07) is 6.46. The van der Waals surface area contributed by atoms with E-state index in [1.165, 1.54) is 5.39 Å². The first kappa shape index (κ1) is 16.1. The summed E-state index contributed by atoms with van der Waals surface area (Å²) in [5.74, 6) is 1.43. The van der Waals surface area contributed by atoms with E-state index in [2.05, 4.69) is 38.2 Å². The number of hydrogen-bond donors (Lipinski definition) is 1. The third-order valence-electron chi connectivity index (χ3n) is 5.16. The van der Waals surface area contributed by atoms with Crippen LogP contribution < -0.4 is 5.32 Å². The summed E-state index contributed by atoms with van der Waals surface area (Å²) in [4.78, 5) is 4.50. The quantitative estimate of drug-likeness (QED) is 0.793. The zero-order chi connectivity index (χ0) is 17.4. The number of aromatic nitrogens is 4. The molecule has 1 aliphatic heterocycles. The summed E-state index contributed by atoms with van der Waals surface area (Å²) in [6.07, 6.45) is 6.14. The van der Waals surface area contributed by atoms with Gasteiger partial charge >= 0.3 is 0 Å². The molecule has 1 saturated heterocycles. The molecule has 0 aliphatic carbocycles. The highest BCUT2D eigenvalue weighted by Gasteiger charge is 2.30. The molecule has 0 unspecified atom stereocenters. The normalized spacial score (nSPS) is 20.9. The van der Waals surface area contributed by atoms with Crippen LogP contribution in [0.3, 0.4) is 0 Å². The molecule has 1 aliphatic rings. The summed E-state index contributed by atoms with van der Waals surface area (Å²) >= 11 is 0. The molecule has 6 nitrogen and oxygen atoms in total. The number of hydrogen-bond acceptors (Lipinski definition) is 4. The number of anilines is 1. The van der Waals surface area contributed by atoms with E-state index in [1.807, 2.05) is 38.1 Å². The van der Waals surface area contributed by atoms with Crippen LogP contribution in [0.1, 0.15) is 30.5 Å². The Bertz CT molecular complexity index is 881. The SMILES string of the molecule is Cc1nn(C)c2cc(NC[C@@H]3CCCO[C@H]3c3nccn3C)ccc12. The van der Waals surface area contributed by atoms with Crippen molar-refractivity contribution >= 4 is 16.6 Å². The Morgan fingerprint density at radius 3 is 3.00 bits per heavy atom. The van der Waals surface area contributed by atoms with Crippen molar-refractivity contribution < 1.29 is 4.74 Å². The Labute approximate surface area is 147 Å². The lowest BCUT2D eigenvalue weighted by molar-refractivity contribution is -0.0304. The number of aryl methyl sites for hydroxylation is 3. The summed E-state index contributed by atoms with van der Waals surface area (Å²) in [5, 5.41) is 9.30. The monoisotopic (exact) mass is 339 g/mol. The second-order valence-corrected chi connectivity index (χ2v) is 6.91. The van der Waals surface area contributed by atoms with Crippen LogP contribution >= 0.6 is 0 Å². The van der Waals surface area contributed by atoms with E-state index < -0.39 is 0 Å². The highest BCUT2D eigenvalue weighted by Crippen LogP contribution is 2.33. The highest BCUT2D eigenvalue weighted by atomic mass is 16.5. The van der Waals surface area contributed by atoms with E-state index in [4.69, 9.17) is 4.74 Å². The molecule has 0 bridgehead atoms. The van der Waals surface area contributed by atoms with Gasteiger partial charge in [-0.15, -0.1) is 0 Å². The van der Waals surface area contributed by atoms with Gasteiger partial charge in [0, 0.05) is 56.6 Å². The minimum atomic E-state index is 0.0592. The van der Waals surface area contributed by atoms with Crippen LogP contribution in [0.4, 0.5) is 5.69 Å². The Morgan fingerprint density at radius 1 is 1.32 bits per heavy atom. The molecule has 2 atom stereocenters. The molecule has 0 radical (unpaired) electrons. The lowest BCUT2D eigenvalue weighted by Gasteiger charge is -2.31. The van der Waals surface area contributed by atoms with Crippen molar-refractivity contribution in [3.63, 3.8) is 0 Å². The van der Waals surface area contributed by atoms with Gasteiger partial charge in [0.1, 0.15) is 11.9 Å². The van der Waals surface area contributed by atoms with Crippen LogP contribution in [0, 0.1) is 12.8 Å². The Balaban J connectivity index is 1.51. The summed E-state index contributed by atoms with van der Waals surface area (Å²) in [5.41, 5.74) is 3.35. The Hall–Kier alpha value is -2.34. The molecule has 4 rings (SSSR count). The van der Waals surface area contributed by atoms with Crippen LogP contribution in [0.25, 0.3) is 10.9 Å². The molecule has 1 aromatic carbocycles. The van der Waals surface area contributed by atoms with E-state index in [9.17, 15) is 0 Å². The van der Waals surface area contributed by atoms with Crippen molar-refractivity contribution in [3.05, 3.63) is 42.1 Å². The topological polar surface area (TPSA) is 56.9 Å². The number of fused-ring (bicyclic) bond motifs is 1. The average Bonchev–Trinajstić information content (AvgIpc) is 3.17. The van der Waals surface area contributed by atoms with E-state index in [0.717, 1.165) is 48.7 Å². The largest absolute Gasteiger partial charge is 0.385 e. The highest BCUT2D eigenvalue weighted by molar-refractivity contribution is 5.85. The van der Waals surface area contributed by atoms with E-state index in [1.54, 1.807) is 0 Å². The molecule has 0 spiro atoms. The van der Waals surface area contributed by atoms with Gasteiger partial charge in [0.05, 0.1) is 11.2 Å². The maximum Gasteiger partial charge on any atom is 0.138 e. The fourth-order valence-electron chi connectivity index (χ4n) is 3.79. The van der Waals surface area contributed by atoms with E-state index >= 15 is 0 Å². The van der Waals surface area contributed by atoms with Crippen LogP contribution in [-0.2, 0) is 18.8 Å². The first-order valence-electron chi connectivity index (χ1n) is 8.89. The van der Waals surface area contributed by atoms with Gasteiger partial charge < -0.3 is 14.6 Å². The predicted octanol–water partition coefficient (Wildman–Crippen LogP) is 3.20. The summed E-state index contributed by atoms with van der Waals surface area (Å²) < 4.78 is 10.1. The third kappa shape index (κ3) is 3.02. The summed E-state index contributed by atoms with van der Waals surface area (Å²) in [7, 11) is 4.02. The third-order valence-corrected chi connectivity index (χ3v) is 5.16. The first-order chi connectivity index (χ1) is 12.1. The van der Waals surface area contributed by atoms with Crippen LogP contribution in [0.15, 0.2) is 30.6 Å². The summed E-state index contributed by atoms with van der Waals surface area (Å²) in [6.45, 7) is 3.74. The lowest BCUT2D eigenvalue weighted by atomic mass is 9.93. The predicted molar refractivity (Wildman–Crippen MR) is 98.6 cm³/mol. The van der Waals surface area contributed by atoms with Crippen molar-refractivity contribution in [1.82, 2.24) is 19.3 Å². The van der Waals surface area contributed by atoms with Crippen molar-refractivity contribution in [2.45, 2.75) is 25.9 Å². The van der Waals surface area contributed by atoms with Gasteiger partial charge in [0.2, 0.25) is 0 Å². The fraction of sp³-hybridized carbons (Fsp3) is 0.474. The van der Waals surface area contributed by atoms with Gasteiger partial charge in [0.25, 0.3) is 0 Å². The van der Waals surface area contributed by atoms with Crippen molar-refractivity contribution in [2.75, 3.05) is 18.5 Å². The molecule has 0 amide bonds. The number of imidazole rings is 1. The maximum absolute atomic E-state index is 6.06. The molecule has 3 heterocycles. The fourth-order valence-corrected chi connectivity index (χ4v) is 3.79. The molecular formula is C19H25N5O. The first-order valence-corrected chi connectivity index (χ1v) is 8.89. The van der Waals surface area contributed by atoms with Gasteiger partial charge in [-0.05, 0) is 38.0 Å². The molecule has 1 N–H and O–H groups in total. The molecule has 3 aromatic rings. The Kier molecular flexibility index (Phi) is 4.21. The zero-order valence-corrected chi connectivity index (χ0v) is 15.1. The minimum absolute atomic E-state index is 0.0592. The van der Waals surface area contributed by atoms with Crippen molar-refractivity contribution in [3.8, 4) is 0 Å². The number of benzene rings is 1. The maximum atomic E-state index is 6.06.